The minimum Gasteiger partial charge on any atom is -0.481 e. The van der Waals surface area contributed by atoms with E-state index in [0.717, 1.165) is 22.3 Å². The van der Waals surface area contributed by atoms with Gasteiger partial charge in [0.05, 0.1) is 18.7 Å². The second kappa shape index (κ2) is 10.0. The Labute approximate surface area is 197 Å². The predicted molar refractivity (Wildman–Crippen MR) is 129 cm³/mol. The van der Waals surface area contributed by atoms with E-state index in [1.807, 2.05) is 78.9 Å². The highest BCUT2D eigenvalue weighted by atomic mass is 16.6. The Balaban J connectivity index is 1.68. The third kappa shape index (κ3) is 4.83. The van der Waals surface area contributed by atoms with E-state index in [2.05, 4.69) is 5.16 Å². The van der Waals surface area contributed by atoms with Gasteiger partial charge in [0.2, 0.25) is 0 Å². The van der Waals surface area contributed by atoms with Gasteiger partial charge in [0.25, 0.3) is 0 Å². The number of carbonyl (C=O) groups is 2. The van der Waals surface area contributed by atoms with Crippen LogP contribution in [0.1, 0.15) is 18.2 Å². The third-order valence-electron chi connectivity index (χ3n) is 5.31. The number of anilines is 2. The molecule has 4 rings (SSSR count). The first kappa shape index (κ1) is 22.8. The van der Waals surface area contributed by atoms with Crippen LogP contribution in [0.3, 0.4) is 0 Å². The second-order valence-corrected chi connectivity index (χ2v) is 7.66. The Morgan fingerprint density at radius 1 is 0.912 bits per heavy atom. The molecule has 0 fully saturated rings. The minimum absolute atomic E-state index is 0.00871. The van der Waals surface area contributed by atoms with Gasteiger partial charge in [-0.2, -0.15) is 0 Å². The number of para-hydroxylation sites is 1. The summed E-state index contributed by atoms with van der Waals surface area (Å²) < 4.78 is 11.0. The SMILES string of the molecule is CCOC(=O)N(c1ccccc1)c1c(C)noc1-c1ccc(-c2ccc(CC(=O)O)cc2)cc1. The second-order valence-electron chi connectivity index (χ2n) is 7.66. The molecule has 1 aromatic heterocycles. The smallest absolute Gasteiger partial charge is 0.419 e. The van der Waals surface area contributed by atoms with Crippen molar-refractivity contribution < 1.29 is 24.0 Å². The van der Waals surface area contributed by atoms with Crippen molar-refractivity contribution in [2.45, 2.75) is 20.3 Å². The molecule has 0 radical (unpaired) electrons. The van der Waals surface area contributed by atoms with E-state index in [-0.39, 0.29) is 13.0 Å². The van der Waals surface area contributed by atoms with E-state index >= 15 is 0 Å². The molecule has 0 bridgehead atoms. The Kier molecular flexibility index (Phi) is 6.73. The quantitative estimate of drug-likeness (QED) is 0.354. The fourth-order valence-corrected chi connectivity index (χ4v) is 3.71. The van der Waals surface area contributed by atoms with Crippen molar-refractivity contribution in [3.8, 4) is 22.5 Å². The first-order valence-corrected chi connectivity index (χ1v) is 10.9. The Bertz CT molecular complexity index is 1280. The lowest BCUT2D eigenvalue weighted by atomic mass is 10.0. The molecule has 0 saturated heterocycles. The maximum absolute atomic E-state index is 12.9. The zero-order valence-corrected chi connectivity index (χ0v) is 18.9. The number of ether oxygens (including phenoxy) is 1. The van der Waals surface area contributed by atoms with Crippen molar-refractivity contribution in [2.24, 2.45) is 0 Å². The van der Waals surface area contributed by atoms with E-state index in [1.165, 1.54) is 4.90 Å². The van der Waals surface area contributed by atoms with E-state index in [4.69, 9.17) is 14.4 Å². The predicted octanol–water partition coefficient (Wildman–Crippen LogP) is 6.24. The highest BCUT2D eigenvalue weighted by molar-refractivity contribution is 6.00. The van der Waals surface area contributed by atoms with Gasteiger partial charge in [-0.3, -0.25) is 4.79 Å². The number of carbonyl (C=O) groups excluding carboxylic acids is 1. The molecular formula is C27H24N2O5. The highest BCUT2D eigenvalue weighted by Gasteiger charge is 2.28. The van der Waals surface area contributed by atoms with E-state index < -0.39 is 12.1 Å². The molecule has 0 unspecified atom stereocenters. The van der Waals surface area contributed by atoms with Crippen molar-refractivity contribution in [1.82, 2.24) is 5.16 Å². The Morgan fingerprint density at radius 2 is 1.50 bits per heavy atom. The number of aromatic nitrogens is 1. The minimum atomic E-state index is -0.859. The number of carboxylic acid groups (broad SMARTS) is 1. The van der Waals surface area contributed by atoms with Gasteiger partial charge in [-0.25, -0.2) is 9.69 Å². The standard InChI is InChI=1S/C27H24N2O5/c1-3-33-27(32)29(23-7-5-4-6-8-23)25-18(2)28-34-26(25)22-15-13-21(14-16-22)20-11-9-19(10-12-20)17-24(30)31/h4-16H,3,17H2,1-2H3,(H,30,31). The maximum atomic E-state index is 12.9. The fraction of sp³-hybridized carbons (Fsp3) is 0.148. The van der Waals surface area contributed by atoms with Gasteiger partial charge in [-0.05, 0) is 42.7 Å². The molecule has 34 heavy (non-hydrogen) atoms. The molecule has 0 aliphatic rings. The van der Waals surface area contributed by atoms with E-state index in [0.29, 0.717) is 22.8 Å². The summed E-state index contributed by atoms with van der Waals surface area (Å²) >= 11 is 0. The zero-order valence-electron chi connectivity index (χ0n) is 18.9. The van der Waals surface area contributed by atoms with Crippen LogP contribution in [0.5, 0.6) is 0 Å². The third-order valence-corrected chi connectivity index (χ3v) is 5.31. The van der Waals surface area contributed by atoms with Crippen LogP contribution in [0.25, 0.3) is 22.5 Å². The molecule has 4 aromatic rings. The molecule has 7 nitrogen and oxygen atoms in total. The fourth-order valence-electron chi connectivity index (χ4n) is 3.71. The monoisotopic (exact) mass is 456 g/mol. The topological polar surface area (TPSA) is 92.9 Å². The van der Waals surface area contributed by atoms with E-state index in [1.54, 1.807) is 13.8 Å². The number of aliphatic carboxylic acids is 1. The summed E-state index contributed by atoms with van der Waals surface area (Å²) in [5, 5.41) is 13.1. The molecule has 172 valence electrons. The van der Waals surface area contributed by atoms with Crippen LogP contribution in [0.2, 0.25) is 0 Å². The lowest BCUT2D eigenvalue weighted by molar-refractivity contribution is -0.136. The normalized spacial score (nSPS) is 10.6. The molecule has 0 aliphatic carbocycles. The number of rotatable bonds is 7. The molecule has 0 aliphatic heterocycles. The van der Waals surface area contributed by atoms with Crippen LogP contribution in [0.4, 0.5) is 16.2 Å². The molecule has 1 amide bonds. The molecular weight excluding hydrogens is 432 g/mol. The van der Waals surface area contributed by atoms with Crippen LogP contribution < -0.4 is 4.90 Å². The number of amides is 1. The summed E-state index contributed by atoms with van der Waals surface area (Å²) in [7, 11) is 0. The lowest BCUT2D eigenvalue weighted by Crippen LogP contribution is -2.27. The van der Waals surface area contributed by atoms with Gasteiger partial charge >= 0.3 is 12.1 Å². The summed E-state index contributed by atoms with van der Waals surface area (Å²) in [5.41, 5.74) is 5.16. The van der Waals surface area contributed by atoms with Gasteiger partial charge in [-0.15, -0.1) is 0 Å². The first-order chi connectivity index (χ1) is 16.5. The number of carboxylic acids is 1. The summed E-state index contributed by atoms with van der Waals surface area (Å²) in [5.74, 6) is -0.402. The van der Waals surface area contributed by atoms with Crippen LogP contribution in [0, 0.1) is 6.92 Å². The number of hydrogen-bond acceptors (Lipinski definition) is 5. The Morgan fingerprint density at radius 3 is 2.09 bits per heavy atom. The molecule has 0 atom stereocenters. The number of hydrogen-bond donors (Lipinski definition) is 1. The average Bonchev–Trinajstić information content (AvgIpc) is 3.21. The van der Waals surface area contributed by atoms with Gasteiger partial charge in [-0.1, -0.05) is 71.9 Å². The molecule has 3 aromatic carbocycles. The van der Waals surface area contributed by atoms with Crippen LogP contribution in [0.15, 0.2) is 83.4 Å². The largest absolute Gasteiger partial charge is 0.481 e. The van der Waals surface area contributed by atoms with Crippen molar-refractivity contribution in [3.63, 3.8) is 0 Å². The summed E-state index contributed by atoms with van der Waals surface area (Å²) in [6, 6.07) is 24.3. The number of nitrogens with zero attached hydrogens (tertiary/aromatic N) is 2. The summed E-state index contributed by atoms with van der Waals surface area (Å²) in [4.78, 5) is 25.3. The van der Waals surface area contributed by atoms with Gasteiger partial charge in [0.1, 0.15) is 11.4 Å². The molecule has 0 spiro atoms. The first-order valence-electron chi connectivity index (χ1n) is 10.9. The molecule has 1 heterocycles. The average molecular weight is 456 g/mol. The van der Waals surface area contributed by atoms with Crippen molar-refractivity contribution >= 4 is 23.4 Å². The van der Waals surface area contributed by atoms with Gasteiger partial charge in [0, 0.05) is 5.56 Å². The lowest BCUT2D eigenvalue weighted by Gasteiger charge is -2.22. The molecule has 1 N–H and O–H groups in total. The van der Waals surface area contributed by atoms with Gasteiger partial charge in [0.15, 0.2) is 5.76 Å². The number of benzene rings is 3. The van der Waals surface area contributed by atoms with Crippen LogP contribution in [-0.4, -0.2) is 28.9 Å². The molecule has 0 saturated carbocycles. The molecule has 7 heteroatoms. The van der Waals surface area contributed by atoms with Crippen molar-refractivity contribution in [1.29, 1.82) is 0 Å². The summed E-state index contributed by atoms with van der Waals surface area (Å²) in [6.07, 6.45) is -0.523. The van der Waals surface area contributed by atoms with Crippen LogP contribution in [-0.2, 0) is 16.0 Å². The van der Waals surface area contributed by atoms with Crippen molar-refractivity contribution in [2.75, 3.05) is 11.5 Å². The van der Waals surface area contributed by atoms with Crippen LogP contribution >= 0.6 is 0 Å². The zero-order chi connectivity index (χ0) is 24.1. The Hall–Kier alpha value is -4.39. The van der Waals surface area contributed by atoms with E-state index in [9.17, 15) is 9.59 Å². The highest BCUT2D eigenvalue weighted by Crippen LogP contribution is 2.39. The van der Waals surface area contributed by atoms with Crippen molar-refractivity contribution in [3.05, 3.63) is 90.1 Å². The number of aryl methyl sites for hydroxylation is 1. The summed E-state index contributed by atoms with van der Waals surface area (Å²) in [6.45, 7) is 3.78. The maximum Gasteiger partial charge on any atom is 0.419 e. The van der Waals surface area contributed by atoms with Gasteiger partial charge < -0.3 is 14.4 Å².